The quantitative estimate of drug-likeness (QED) is 0.756. The number of amides is 1. The Morgan fingerprint density at radius 3 is 2.63 bits per heavy atom. The van der Waals surface area contributed by atoms with Crippen LogP contribution in [0.4, 0.5) is 5.69 Å². The van der Waals surface area contributed by atoms with Crippen LogP contribution in [-0.2, 0) is 16.1 Å². The number of para-hydroxylation sites is 1. The predicted molar refractivity (Wildman–Crippen MR) is 103 cm³/mol. The number of carbonyl (C=O) groups excluding carboxylic acids is 2. The fourth-order valence-corrected chi connectivity index (χ4v) is 2.65. The third kappa shape index (κ3) is 5.26. The van der Waals surface area contributed by atoms with Crippen molar-refractivity contribution in [1.82, 2.24) is 9.78 Å². The molecule has 0 unspecified atom stereocenters. The Morgan fingerprint density at radius 2 is 1.96 bits per heavy atom. The van der Waals surface area contributed by atoms with Crippen molar-refractivity contribution in [2.45, 2.75) is 46.6 Å². The summed E-state index contributed by atoms with van der Waals surface area (Å²) >= 11 is 0. The summed E-state index contributed by atoms with van der Waals surface area (Å²) in [6.07, 6.45) is 0.711. The number of aromatic nitrogens is 2. The molecule has 2 rings (SSSR count). The van der Waals surface area contributed by atoms with Crippen molar-refractivity contribution in [3.8, 4) is 0 Å². The molecule has 0 aliphatic heterocycles. The number of hydrogen-bond donors (Lipinski definition) is 1. The van der Waals surface area contributed by atoms with E-state index < -0.39 is 18.5 Å². The molecule has 0 fully saturated rings. The van der Waals surface area contributed by atoms with E-state index in [4.69, 9.17) is 4.74 Å². The van der Waals surface area contributed by atoms with Crippen molar-refractivity contribution in [2.24, 2.45) is 0 Å². The van der Waals surface area contributed by atoms with Crippen LogP contribution in [-0.4, -0.2) is 28.3 Å². The first kappa shape index (κ1) is 20.4. The molecule has 7 heteroatoms. The van der Waals surface area contributed by atoms with Crippen LogP contribution in [0.2, 0.25) is 0 Å². The zero-order valence-corrected chi connectivity index (χ0v) is 16.1. The van der Waals surface area contributed by atoms with Crippen molar-refractivity contribution in [3.05, 3.63) is 57.5 Å². The number of anilines is 1. The second-order valence-electron chi connectivity index (χ2n) is 6.60. The molecule has 144 valence electrons. The Morgan fingerprint density at radius 1 is 1.22 bits per heavy atom. The molecule has 0 aliphatic rings. The van der Waals surface area contributed by atoms with Gasteiger partial charge >= 0.3 is 5.97 Å². The number of hydrogen-bond acceptors (Lipinski definition) is 5. The molecular formula is C20H25N3O4. The molecule has 0 saturated carbocycles. The highest BCUT2D eigenvalue weighted by Crippen LogP contribution is 2.27. The number of benzene rings is 1. The van der Waals surface area contributed by atoms with Crippen molar-refractivity contribution >= 4 is 17.6 Å². The van der Waals surface area contributed by atoms with Crippen LogP contribution in [0.25, 0.3) is 0 Å². The van der Waals surface area contributed by atoms with Crippen LogP contribution in [0, 0.1) is 6.92 Å². The van der Waals surface area contributed by atoms with Gasteiger partial charge in [0.25, 0.3) is 11.5 Å². The summed E-state index contributed by atoms with van der Waals surface area (Å²) in [6.45, 7) is 7.88. The van der Waals surface area contributed by atoms with Crippen molar-refractivity contribution in [3.63, 3.8) is 0 Å². The highest BCUT2D eigenvalue weighted by Gasteiger charge is 2.16. The van der Waals surface area contributed by atoms with Gasteiger partial charge in [-0.25, -0.2) is 9.48 Å². The van der Waals surface area contributed by atoms with E-state index in [2.05, 4.69) is 10.4 Å². The lowest BCUT2D eigenvalue weighted by Gasteiger charge is -2.16. The fourth-order valence-electron chi connectivity index (χ4n) is 2.65. The molecule has 1 aromatic heterocycles. The third-order valence-electron chi connectivity index (χ3n) is 4.04. The summed E-state index contributed by atoms with van der Waals surface area (Å²) in [7, 11) is 0. The summed E-state index contributed by atoms with van der Waals surface area (Å²) in [6, 6.07) is 8.38. The Bertz CT molecular complexity index is 887. The maximum atomic E-state index is 12.2. The maximum Gasteiger partial charge on any atom is 0.359 e. The van der Waals surface area contributed by atoms with Gasteiger partial charge in [-0.05, 0) is 36.5 Å². The zero-order valence-electron chi connectivity index (χ0n) is 16.1. The van der Waals surface area contributed by atoms with Gasteiger partial charge in [-0.1, -0.05) is 39.0 Å². The van der Waals surface area contributed by atoms with Crippen LogP contribution in [0.5, 0.6) is 0 Å². The normalized spacial score (nSPS) is 10.7. The standard InChI is InChI=1S/C20H25N3O4/c1-5-11-23-18(25)10-9-16(22-23)20(26)27-12-17(24)21-19-14(4)7-6-8-15(19)13(2)3/h6-10,13H,5,11-12H2,1-4H3,(H,21,24). The van der Waals surface area contributed by atoms with Crippen LogP contribution < -0.4 is 10.9 Å². The fraction of sp³-hybridized carbons (Fsp3) is 0.400. The lowest BCUT2D eigenvalue weighted by molar-refractivity contribution is -0.119. The zero-order chi connectivity index (χ0) is 20.0. The number of rotatable bonds is 7. The average molecular weight is 371 g/mol. The molecule has 0 bridgehead atoms. The van der Waals surface area contributed by atoms with Crippen molar-refractivity contribution in [1.29, 1.82) is 0 Å². The van der Waals surface area contributed by atoms with Crippen LogP contribution in [0.1, 0.15) is 54.7 Å². The van der Waals surface area contributed by atoms with Gasteiger partial charge < -0.3 is 10.1 Å². The molecule has 2 aromatic rings. The Labute approximate surface area is 158 Å². The van der Waals surface area contributed by atoms with E-state index in [-0.39, 0.29) is 17.2 Å². The van der Waals surface area contributed by atoms with E-state index >= 15 is 0 Å². The SMILES string of the molecule is CCCn1nc(C(=O)OCC(=O)Nc2c(C)cccc2C(C)C)ccc1=O. The van der Waals surface area contributed by atoms with Crippen LogP contribution >= 0.6 is 0 Å². The summed E-state index contributed by atoms with van der Waals surface area (Å²) in [5.41, 5.74) is 2.40. The number of nitrogens with one attached hydrogen (secondary N) is 1. The van der Waals surface area contributed by atoms with Gasteiger partial charge in [-0.2, -0.15) is 5.10 Å². The predicted octanol–water partition coefficient (Wildman–Crippen LogP) is 2.88. The third-order valence-corrected chi connectivity index (χ3v) is 4.04. The number of ether oxygens (including phenoxy) is 1. The molecule has 1 heterocycles. The monoisotopic (exact) mass is 371 g/mol. The highest BCUT2D eigenvalue weighted by atomic mass is 16.5. The van der Waals surface area contributed by atoms with E-state index in [0.717, 1.165) is 16.8 Å². The van der Waals surface area contributed by atoms with E-state index in [1.165, 1.54) is 16.8 Å². The minimum atomic E-state index is -0.746. The summed E-state index contributed by atoms with van der Waals surface area (Å²) in [4.78, 5) is 36.0. The van der Waals surface area contributed by atoms with E-state index in [1.54, 1.807) is 0 Å². The largest absolute Gasteiger partial charge is 0.451 e. The number of nitrogens with zero attached hydrogens (tertiary/aromatic N) is 2. The molecule has 0 atom stereocenters. The Kier molecular flexibility index (Phi) is 6.87. The highest BCUT2D eigenvalue weighted by molar-refractivity contribution is 5.95. The molecule has 0 radical (unpaired) electrons. The van der Waals surface area contributed by atoms with E-state index in [9.17, 15) is 14.4 Å². The first-order chi connectivity index (χ1) is 12.8. The summed E-state index contributed by atoms with van der Waals surface area (Å²) in [5, 5.41) is 6.79. The van der Waals surface area contributed by atoms with Crippen LogP contribution in [0.15, 0.2) is 35.1 Å². The van der Waals surface area contributed by atoms with E-state index in [1.807, 2.05) is 45.9 Å². The second-order valence-corrected chi connectivity index (χ2v) is 6.60. The summed E-state index contributed by atoms with van der Waals surface area (Å²) in [5.74, 6) is -0.933. The van der Waals surface area contributed by atoms with Crippen molar-refractivity contribution < 1.29 is 14.3 Å². The van der Waals surface area contributed by atoms with Gasteiger partial charge in [0, 0.05) is 18.3 Å². The minimum Gasteiger partial charge on any atom is -0.451 e. The number of carbonyl (C=O) groups is 2. The molecule has 1 aromatic carbocycles. The first-order valence-corrected chi connectivity index (χ1v) is 8.98. The average Bonchev–Trinajstić information content (AvgIpc) is 2.63. The molecule has 0 spiro atoms. The minimum absolute atomic E-state index is 0.00499. The van der Waals surface area contributed by atoms with Crippen molar-refractivity contribution in [2.75, 3.05) is 11.9 Å². The second kappa shape index (κ2) is 9.12. The smallest absolute Gasteiger partial charge is 0.359 e. The maximum absolute atomic E-state index is 12.2. The van der Waals surface area contributed by atoms with Gasteiger partial charge in [-0.3, -0.25) is 9.59 Å². The van der Waals surface area contributed by atoms with Gasteiger partial charge in [0.1, 0.15) is 0 Å². The lowest BCUT2D eigenvalue weighted by atomic mass is 9.98. The van der Waals surface area contributed by atoms with Gasteiger partial charge in [0.05, 0.1) is 0 Å². The Hall–Kier alpha value is -2.96. The molecule has 0 saturated heterocycles. The molecular weight excluding hydrogens is 346 g/mol. The van der Waals surface area contributed by atoms with Gasteiger partial charge in [-0.15, -0.1) is 0 Å². The molecule has 1 N–H and O–H groups in total. The number of aryl methyl sites for hydroxylation is 2. The van der Waals surface area contributed by atoms with Crippen LogP contribution in [0.3, 0.4) is 0 Å². The molecule has 0 aliphatic carbocycles. The van der Waals surface area contributed by atoms with Gasteiger partial charge in [0.15, 0.2) is 12.3 Å². The molecule has 27 heavy (non-hydrogen) atoms. The van der Waals surface area contributed by atoms with E-state index in [0.29, 0.717) is 13.0 Å². The molecule has 1 amide bonds. The summed E-state index contributed by atoms with van der Waals surface area (Å²) < 4.78 is 6.25. The molecule has 7 nitrogen and oxygen atoms in total. The first-order valence-electron chi connectivity index (χ1n) is 8.98. The topological polar surface area (TPSA) is 90.3 Å². The lowest BCUT2D eigenvalue weighted by Crippen LogP contribution is -2.26. The van der Waals surface area contributed by atoms with Gasteiger partial charge in [0.2, 0.25) is 0 Å². The Balaban J connectivity index is 2.03. The number of esters is 1.